The van der Waals surface area contributed by atoms with Crippen molar-refractivity contribution in [1.29, 1.82) is 0 Å². The molecule has 2 aliphatic heterocycles. The first-order valence-corrected chi connectivity index (χ1v) is 11.8. The van der Waals surface area contributed by atoms with Crippen LogP contribution in [0.15, 0.2) is 0 Å². The van der Waals surface area contributed by atoms with Crippen molar-refractivity contribution in [2.75, 3.05) is 13.2 Å². The molecule has 1 aliphatic carbocycles. The van der Waals surface area contributed by atoms with Gasteiger partial charge in [0, 0.05) is 19.3 Å². The number of carbonyl (C=O) groups excluding carboxylic acids is 1. The van der Waals surface area contributed by atoms with E-state index in [4.69, 9.17) is 18.9 Å². The normalized spacial score (nSPS) is 30.2. The maximum Gasteiger partial charge on any atom is 0.305 e. The fourth-order valence-electron chi connectivity index (χ4n) is 4.83. The van der Waals surface area contributed by atoms with E-state index < -0.39 is 0 Å². The number of hydrogen-bond donors (Lipinski definition) is 0. The standard InChI is InChI=1S/C23H40O5/c1-2-3-16-25-22(24)12-8-10-19-9-7-11-20(27-19)18-21-13-17-26-23(28-21)14-5-4-6-15-23/h19-21H,2-18H2,1H3. The van der Waals surface area contributed by atoms with Gasteiger partial charge in [-0.15, -0.1) is 0 Å². The third-order valence-corrected chi connectivity index (χ3v) is 6.43. The topological polar surface area (TPSA) is 54.0 Å². The molecular formula is C23H40O5. The molecule has 0 aromatic carbocycles. The van der Waals surface area contributed by atoms with Gasteiger partial charge in [0.15, 0.2) is 5.79 Å². The van der Waals surface area contributed by atoms with Crippen LogP contribution in [0.2, 0.25) is 0 Å². The molecule has 5 heteroatoms. The van der Waals surface area contributed by atoms with Gasteiger partial charge in [-0.25, -0.2) is 0 Å². The first-order chi connectivity index (χ1) is 13.7. The summed E-state index contributed by atoms with van der Waals surface area (Å²) < 4.78 is 24.1. The fourth-order valence-corrected chi connectivity index (χ4v) is 4.83. The smallest absolute Gasteiger partial charge is 0.305 e. The van der Waals surface area contributed by atoms with E-state index >= 15 is 0 Å². The van der Waals surface area contributed by atoms with Crippen LogP contribution in [0.1, 0.15) is 103 Å². The number of esters is 1. The van der Waals surface area contributed by atoms with Crippen molar-refractivity contribution in [3.8, 4) is 0 Å². The predicted molar refractivity (Wildman–Crippen MR) is 108 cm³/mol. The van der Waals surface area contributed by atoms with Crippen molar-refractivity contribution in [3.63, 3.8) is 0 Å². The highest BCUT2D eigenvalue weighted by atomic mass is 16.7. The van der Waals surface area contributed by atoms with E-state index in [9.17, 15) is 4.79 Å². The van der Waals surface area contributed by atoms with Crippen LogP contribution in [0.4, 0.5) is 0 Å². The van der Waals surface area contributed by atoms with Crippen molar-refractivity contribution >= 4 is 5.97 Å². The van der Waals surface area contributed by atoms with Gasteiger partial charge in [0.2, 0.25) is 0 Å². The minimum atomic E-state index is -0.298. The van der Waals surface area contributed by atoms with Crippen LogP contribution >= 0.6 is 0 Å². The molecule has 3 rings (SSSR count). The van der Waals surface area contributed by atoms with Gasteiger partial charge in [0.05, 0.1) is 31.5 Å². The van der Waals surface area contributed by atoms with Crippen molar-refractivity contribution in [2.24, 2.45) is 0 Å². The summed E-state index contributed by atoms with van der Waals surface area (Å²) in [7, 11) is 0. The zero-order valence-corrected chi connectivity index (χ0v) is 17.8. The van der Waals surface area contributed by atoms with E-state index in [2.05, 4.69) is 6.92 Å². The Kier molecular flexibility index (Phi) is 9.06. The summed E-state index contributed by atoms with van der Waals surface area (Å²) in [6.45, 7) is 3.48. The number of ether oxygens (including phenoxy) is 4. The van der Waals surface area contributed by atoms with Gasteiger partial charge in [0.1, 0.15) is 0 Å². The van der Waals surface area contributed by atoms with Crippen molar-refractivity contribution in [1.82, 2.24) is 0 Å². The molecule has 3 unspecified atom stereocenters. The third kappa shape index (κ3) is 7.00. The predicted octanol–water partition coefficient (Wildman–Crippen LogP) is 5.29. The Morgan fingerprint density at radius 3 is 2.64 bits per heavy atom. The van der Waals surface area contributed by atoms with Crippen LogP contribution in [0.3, 0.4) is 0 Å². The molecule has 3 atom stereocenters. The Morgan fingerprint density at radius 1 is 1.00 bits per heavy atom. The molecule has 3 fully saturated rings. The van der Waals surface area contributed by atoms with Crippen LogP contribution in [0.5, 0.6) is 0 Å². The second-order valence-corrected chi connectivity index (χ2v) is 8.86. The van der Waals surface area contributed by atoms with Gasteiger partial charge in [-0.1, -0.05) is 19.8 Å². The van der Waals surface area contributed by atoms with Crippen LogP contribution in [-0.4, -0.2) is 43.3 Å². The summed E-state index contributed by atoms with van der Waals surface area (Å²) in [5.41, 5.74) is 0. The number of hydrogen-bond acceptors (Lipinski definition) is 5. The lowest BCUT2D eigenvalue weighted by molar-refractivity contribution is -0.309. The highest BCUT2D eigenvalue weighted by Gasteiger charge is 2.40. The average Bonchev–Trinajstić information content (AvgIpc) is 2.69. The minimum absolute atomic E-state index is 0.0609. The maximum atomic E-state index is 11.7. The largest absolute Gasteiger partial charge is 0.466 e. The van der Waals surface area contributed by atoms with E-state index in [0.717, 1.165) is 70.8 Å². The molecule has 1 spiro atoms. The molecular weight excluding hydrogens is 356 g/mol. The molecule has 0 N–H and O–H groups in total. The number of rotatable bonds is 9. The zero-order chi connectivity index (χ0) is 19.7. The molecule has 0 amide bonds. The SMILES string of the molecule is CCCCOC(=O)CCCC1CCCC(CC2CCOC3(CCCCC3)O2)O1. The minimum Gasteiger partial charge on any atom is -0.466 e. The molecule has 0 aromatic heterocycles. The molecule has 162 valence electrons. The third-order valence-electron chi connectivity index (χ3n) is 6.43. The highest BCUT2D eigenvalue weighted by molar-refractivity contribution is 5.69. The van der Waals surface area contributed by atoms with Crippen LogP contribution in [0, 0.1) is 0 Å². The lowest BCUT2D eigenvalue weighted by Gasteiger charge is -2.44. The second kappa shape index (κ2) is 11.5. The number of unbranched alkanes of at least 4 members (excludes halogenated alkanes) is 1. The first kappa shape index (κ1) is 22.0. The van der Waals surface area contributed by atoms with Crippen LogP contribution < -0.4 is 0 Å². The number of carbonyl (C=O) groups is 1. The van der Waals surface area contributed by atoms with E-state index in [1.54, 1.807) is 0 Å². The Labute approximate surface area is 170 Å². The summed E-state index contributed by atoms with van der Waals surface area (Å²) in [5.74, 6) is -0.359. The van der Waals surface area contributed by atoms with E-state index in [-0.39, 0.29) is 24.0 Å². The maximum absolute atomic E-state index is 11.7. The summed E-state index contributed by atoms with van der Waals surface area (Å²) in [5, 5.41) is 0. The zero-order valence-electron chi connectivity index (χ0n) is 17.8. The second-order valence-electron chi connectivity index (χ2n) is 8.86. The van der Waals surface area contributed by atoms with E-state index in [1.807, 2.05) is 0 Å². The van der Waals surface area contributed by atoms with Gasteiger partial charge in [-0.2, -0.15) is 0 Å². The molecule has 0 aromatic rings. The van der Waals surface area contributed by atoms with Gasteiger partial charge in [-0.3, -0.25) is 4.79 Å². The van der Waals surface area contributed by atoms with Gasteiger partial charge >= 0.3 is 5.97 Å². The molecule has 1 saturated carbocycles. The highest BCUT2D eigenvalue weighted by Crippen LogP contribution is 2.38. The lowest BCUT2D eigenvalue weighted by atomic mass is 9.91. The molecule has 3 aliphatic rings. The Hall–Kier alpha value is -0.650. The molecule has 2 heterocycles. The molecule has 28 heavy (non-hydrogen) atoms. The van der Waals surface area contributed by atoms with Gasteiger partial charge in [0.25, 0.3) is 0 Å². The van der Waals surface area contributed by atoms with Crippen LogP contribution in [0.25, 0.3) is 0 Å². The van der Waals surface area contributed by atoms with Crippen molar-refractivity contribution < 1.29 is 23.7 Å². The Balaban J connectivity index is 1.35. The Morgan fingerprint density at radius 2 is 1.82 bits per heavy atom. The molecule has 2 saturated heterocycles. The molecule has 0 bridgehead atoms. The van der Waals surface area contributed by atoms with Crippen LogP contribution in [-0.2, 0) is 23.7 Å². The summed E-state index contributed by atoms with van der Waals surface area (Å²) in [6, 6.07) is 0. The monoisotopic (exact) mass is 396 g/mol. The quantitative estimate of drug-likeness (QED) is 0.391. The van der Waals surface area contributed by atoms with Crippen molar-refractivity contribution in [2.45, 2.75) is 127 Å². The van der Waals surface area contributed by atoms with E-state index in [1.165, 1.54) is 25.7 Å². The summed E-state index contributed by atoms with van der Waals surface area (Å²) in [4.78, 5) is 11.7. The summed E-state index contributed by atoms with van der Waals surface area (Å²) >= 11 is 0. The first-order valence-electron chi connectivity index (χ1n) is 11.8. The molecule has 0 radical (unpaired) electrons. The van der Waals surface area contributed by atoms with Gasteiger partial charge in [-0.05, 0) is 64.2 Å². The summed E-state index contributed by atoms with van der Waals surface area (Å²) in [6.07, 6.45) is 16.4. The fraction of sp³-hybridized carbons (Fsp3) is 0.957. The van der Waals surface area contributed by atoms with Crippen molar-refractivity contribution in [3.05, 3.63) is 0 Å². The van der Waals surface area contributed by atoms with E-state index in [0.29, 0.717) is 19.1 Å². The molecule has 5 nitrogen and oxygen atoms in total. The lowest BCUT2D eigenvalue weighted by Crippen LogP contribution is -2.47. The average molecular weight is 397 g/mol. The Bertz CT molecular complexity index is 454. The van der Waals surface area contributed by atoms with Gasteiger partial charge < -0.3 is 18.9 Å².